The first-order chi connectivity index (χ1) is 8.69. The number of esters is 1. The smallest absolute Gasteiger partial charge is 0.462 e. The molecule has 0 aromatic carbocycles. The number of hydrogen-bond donors (Lipinski definition) is 1. The third kappa shape index (κ3) is 3.39. The predicted octanol–water partition coefficient (Wildman–Crippen LogP) is -0.361. The molecule has 13 heteroatoms. The van der Waals surface area contributed by atoms with Crippen LogP contribution in [0.4, 0.5) is 13.2 Å². The molecular formula is C7H10F3NO7S2. The Balaban J connectivity index is 2.91. The maximum atomic E-state index is 12.0. The third-order valence-corrected chi connectivity index (χ3v) is 5.25. The first-order valence-electron chi connectivity index (χ1n) is 4.89. The molecule has 1 saturated heterocycles. The van der Waals surface area contributed by atoms with Crippen LogP contribution in [0.15, 0.2) is 0 Å². The number of cyclic esters (lactones) is 1. The van der Waals surface area contributed by atoms with E-state index in [0.29, 0.717) is 4.13 Å². The second-order valence-corrected chi connectivity index (χ2v) is 7.63. The summed E-state index contributed by atoms with van der Waals surface area (Å²) in [7, 11) is -11.4. The SMILES string of the molecule is CC1(C)C(=O)OCC1OS(=O)(=O)NS(=O)(=O)C(F)(F)F. The van der Waals surface area contributed by atoms with Gasteiger partial charge in [0.15, 0.2) is 0 Å². The molecular weight excluding hydrogens is 331 g/mol. The van der Waals surface area contributed by atoms with E-state index in [1.165, 1.54) is 13.8 Å². The van der Waals surface area contributed by atoms with Crippen LogP contribution >= 0.6 is 0 Å². The molecule has 1 N–H and O–H groups in total. The van der Waals surface area contributed by atoms with E-state index < -0.39 is 49.9 Å². The second kappa shape index (κ2) is 4.82. The molecule has 0 spiro atoms. The van der Waals surface area contributed by atoms with E-state index in [0.717, 1.165) is 0 Å². The summed E-state index contributed by atoms with van der Waals surface area (Å²) in [6, 6.07) is 0. The Kier molecular flexibility index (Phi) is 4.13. The zero-order valence-corrected chi connectivity index (χ0v) is 11.7. The van der Waals surface area contributed by atoms with Gasteiger partial charge < -0.3 is 4.74 Å². The van der Waals surface area contributed by atoms with Crippen molar-refractivity contribution in [2.75, 3.05) is 6.61 Å². The molecule has 0 aliphatic carbocycles. The Bertz CT molecular complexity index is 607. The van der Waals surface area contributed by atoms with Crippen molar-refractivity contribution in [3.8, 4) is 0 Å². The van der Waals surface area contributed by atoms with Crippen LogP contribution in [0.1, 0.15) is 13.8 Å². The van der Waals surface area contributed by atoms with Crippen LogP contribution in [-0.4, -0.2) is 41.0 Å². The number of nitrogens with one attached hydrogen (secondary N) is 1. The lowest BCUT2D eigenvalue weighted by Gasteiger charge is -2.21. The Morgan fingerprint density at radius 2 is 1.80 bits per heavy atom. The minimum absolute atomic E-state index is 0.382. The van der Waals surface area contributed by atoms with Crippen LogP contribution in [0.5, 0.6) is 0 Å². The van der Waals surface area contributed by atoms with Gasteiger partial charge in [0.05, 0.1) is 5.41 Å². The molecule has 1 fully saturated rings. The van der Waals surface area contributed by atoms with Crippen molar-refractivity contribution in [1.82, 2.24) is 4.13 Å². The van der Waals surface area contributed by atoms with Gasteiger partial charge in [0, 0.05) is 0 Å². The van der Waals surface area contributed by atoms with Gasteiger partial charge in [-0.3, -0.25) is 4.79 Å². The van der Waals surface area contributed by atoms with Crippen molar-refractivity contribution >= 4 is 26.3 Å². The van der Waals surface area contributed by atoms with E-state index >= 15 is 0 Å². The molecule has 0 aromatic rings. The quantitative estimate of drug-likeness (QED) is 0.694. The molecule has 1 aliphatic heterocycles. The molecule has 0 radical (unpaired) electrons. The maximum Gasteiger partial charge on any atom is 0.512 e. The number of carbonyl (C=O) groups excluding carboxylic acids is 1. The molecule has 118 valence electrons. The van der Waals surface area contributed by atoms with Crippen molar-refractivity contribution in [2.24, 2.45) is 5.41 Å². The summed E-state index contributed by atoms with van der Waals surface area (Å²) < 4.78 is 89.1. The van der Waals surface area contributed by atoms with E-state index in [-0.39, 0.29) is 0 Å². The lowest BCUT2D eigenvalue weighted by Crippen LogP contribution is -2.44. The van der Waals surface area contributed by atoms with E-state index in [1.54, 1.807) is 0 Å². The number of rotatable bonds is 4. The molecule has 8 nitrogen and oxygen atoms in total. The van der Waals surface area contributed by atoms with E-state index in [1.807, 2.05) is 0 Å². The largest absolute Gasteiger partial charge is 0.512 e. The summed E-state index contributed by atoms with van der Waals surface area (Å²) >= 11 is 0. The minimum Gasteiger partial charge on any atom is -0.462 e. The average molecular weight is 341 g/mol. The molecule has 0 amide bonds. The van der Waals surface area contributed by atoms with Gasteiger partial charge in [0.25, 0.3) is 0 Å². The van der Waals surface area contributed by atoms with Crippen molar-refractivity contribution in [1.29, 1.82) is 0 Å². The Labute approximate surface area is 112 Å². The van der Waals surface area contributed by atoms with Gasteiger partial charge >= 0.3 is 31.8 Å². The lowest BCUT2D eigenvalue weighted by molar-refractivity contribution is -0.145. The van der Waals surface area contributed by atoms with Crippen molar-refractivity contribution in [3.63, 3.8) is 0 Å². The molecule has 1 atom stereocenters. The summed E-state index contributed by atoms with van der Waals surface area (Å²) in [4.78, 5) is 11.2. The molecule has 1 heterocycles. The van der Waals surface area contributed by atoms with Gasteiger partial charge in [-0.15, -0.1) is 0 Å². The third-order valence-electron chi connectivity index (χ3n) is 2.46. The number of ether oxygens (including phenoxy) is 1. The Hall–Kier alpha value is -0.920. The molecule has 0 saturated carbocycles. The van der Waals surface area contributed by atoms with Crippen LogP contribution in [0.2, 0.25) is 0 Å². The second-order valence-electron chi connectivity index (χ2n) is 4.39. The molecule has 0 bridgehead atoms. The molecule has 1 rings (SSSR count). The van der Waals surface area contributed by atoms with Crippen molar-refractivity contribution in [2.45, 2.75) is 25.5 Å². The van der Waals surface area contributed by atoms with Crippen molar-refractivity contribution in [3.05, 3.63) is 0 Å². The maximum absolute atomic E-state index is 12.0. The predicted molar refractivity (Wildman–Crippen MR) is 56.6 cm³/mol. The molecule has 0 aromatic heterocycles. The van der Waals surface area contributed by atoms with Crippen LogP contribution in [0.3, 0.4) is 0 Å². The normalized spacial score (nSPS) is 23.6. The lowest BCUT2D eigenvalue weighted by atomic mass is 9.89. The monoisotopic (exact) mass is 341 g/mol. The van der Waals surface area contributed by atoms with Crippen LogP contribution < -0.4 is 4.13 Å². The van der Waals surface area contributed by atoms with Gasteiger partial charge in [0.1, 0.15) is 12.7 Å². The average Bonchev–Trinajstić information content (AvgIpc) is 2.41. The summed E-state index contributed by atoms with van der Waals surface area (Å²) in [5.74, 6) is -0.823. The summed E-state index contributed by atoms with van der Waals surface area (Å²) in [6.07, 6.45) is -1.45. The number of sulfonamides is 1. The first kappa shape index (κ1) is 17.1. The fraction of sp³-hybridized carbons (Fsp3) is 0.857. The van der Waals surface area contributed by atoms with E-state index in [4.69, 9.17) is 0 Å². The van der Waals surface area contributed by atoms with Crippen molar-refractivity contribution < 1.29 is 43.7 Å². The first-order valence-corrected chi connectivity index (χ1v) is 7.78. The Morgan fingerprint density at radius 1 is 1.30 bits per heavy atom. The highest BCUT2D eigenvalue weighted by molar-refractivity contribution is 8.03. The zero-order valence-electron chi connectivity index (χ0n) is 10.1. The van der Waals surface area contributed by atoms with Crippen LogP contribution in [0, 0.1) is 5.41 Å². The number of alkyl halides is 3. The van der Waals surface area contributed by atoms with Gasteiger partial charge in [-0.25, -0.2) is 12.6 Å². The number of carbonyl (C=O) groups is 1. The molecule has 20 heavy (non-hydrogen) atoms. The fourth-order valence-electron chi connectivity index (χ4n) is 1.18. The fourth-order valence-corrected chi connectivity index (χ4v) is 3.39. The van der Waals surface area contributed by atoms with Gasteiger partial charge in [-0.1, -0.05) is 4.13 Å². The van der Waals surface area contributed by atoms with Gasteiger partial charge in [-0.2, -0.15) is 21.6 Å². The molecule has 1 unspecified atom stereocenters. The highest BCUT2D eigenvalue weighted by Crippen LogP contribution is 2.32. The summed E-state index contributed by atoms with van der Waals surface area (Å²) in [5, 5.41) is 0. The summed E-state index contributed by atoms with van der Waals surface area (Å²) in [6.45, 7) is 1.94. The van der Waals surface area contributed by atoms with E-state index in [2.05, 4.69) is 8.92 Å². The zero-order chi connectivity index (χ0) is 16.0. The number of halogens is 3. The highest BCUT2D eigenvalue weighted by Gasteiger charge is 2.51. The van der Waals surface area contributed by atoms with E-state index in [9.17, 15) is 34.8 Å². The number of hydrogen-bond acceptors (Lipinski definition) is 7. The summed E-state index contributed by atoms with van der Waals surface area (Å²) in [5.41, 5.74) is -7.27. The van der Waals surface area contributed by atoms with Crippen LogP contribution in [0.25, 0.3) is 0 Å². The molecule has 1 aliphatic rings. The van der Waals surface area contributed by atoms with Crippen LogP contribution in [-0.2, 0) is 34.0 Å². The minimum atomic E-state index is -6.14. The Morgan fingerprint density at radius 3 is 2.15 bits per heavy atom. The van der Waals surface area contributed by atoms with Gasteiger partial charge in [0.2, 0.25) is 0 Å². The standard InChI is InChI=1S/C7H10F3NO7S2/c1-6(2)4(3-17-5(6)12)18-20(15,16)11-19(13,14)7(8,9)10/h4,11H,3H2,1-2H3. The highest BCUT2D eigenvalue weighted by atomic mass is 32.3. The van der Waals surface area contributed by atoms with Gasteiger partial charge in [-0.05, 0) is 13.8 Å². The topological polar surface area (TPSA) is 116 Å².